The van der Waals surface area contributed by atoms with Gasteiger partial charge in [0.2, 0.25) is 0 Å². The van der Waals surface area contributed by atoms with Crippen LogP contribution in [-0.2, 0) is 6.54 Å². The van der Waals surface area contributed by atoms with Gasteiger partial charge in [-0.05, 0) is 32.3 Å². The van der Waals surface area contributed by atoms with E-state index in [9.17, 15) is 10.1 Å². The molecule has 0 aromatic heterocycles. The number of rotatable bonds is 5. The van der Waals surface area contributed by atoms with E-state index in [0.29, 0.717) is 5.92 Å². The average Bonchev–Trinajstić information content (AvgIpc) is 2.27. The van der Waals surface area contributed by atoms with Crippen molar-refractivity contribution >= 4 is 5.69 Å². The van der Waals surface area contributed by atoms with Gasteiger partial charge in [-0.2, -0.15) is 0 Å². The summed E-state index contributed by atoms with van der Waals surface area (Å²) in [7, 11) is 0. The molecule has 0 aliphatic heterocycles. The first-order valence-corrected chi connectivity index (χ1v) is 6.68. The number of non-ortho nitro benzene ring substituents is 1. The van der Waals surface area contributed by atoms with Gasteiger partial charge in [0.1, 0.15) is 0 Å². The van der Waals surface area contributed by atoms with E-state index < -0.39 is 0 Å². The zero-order valence-electron chi connectivity index (χ0n) is 12.5. The average molecular weight is 264 g/mol. The minimum absolute atomic E-state index is 0.0893. The fourth-order valence-electron chi connectivity index (χ4n) is 1.96. The van der Waals surface area contributed by atoms with Crippen LogP contribution in [0.3, 0.4) is 0 Å². The summed E-state index contributed by atoms with van der Waals surface area (Å²) in [4.78, 5) is 12.7. The van der Waals surface area contributed by atoms with Crippen molar-refractivity contribution < 1.29 is 4.92 Å². The van der Waals surface area contributed by atoms with Crippen LogP contribution in [0.15, 0.2) is 24.3 Å². The van der Waals surface area contributed by atoms with Gasteiger partial charge in [0.05, 0.1) is 4.92 Å². The predicted molar refractivity (Wildman–Crippen MR) is 78.1 cm³/mol. The Bertz CT molecular complexity index is 419. The largest absolute Gasteiger partial charge is 0.294 e. The van der Waals surface area contributed by atoms with E-state index in [4.69, 9.17) is 0 Å². The molecule has 0 bridgehead atoms. The van der Waals surface area contributed by atoms with Gasteiger partial charge in [-0.25, -0.2) is 0 Å². The first-order valence-electron chi connectivity index (χ1n) is 6.68. The van der Waals surface area contributed by atoms with E-state index >= 15 is 0 Å². The van der Waals surface area contributed by atoms with E-state index in [1.54, 1.807) is 12.1 Å². The standard InChI is InChI=1S/C15H24N2O2/c1-12(2)10-16(15(3,4)5)11-13-6-8-14(9-7-13)17(18)19/h6-9,12H,10-11H2,1-5H3. The molecule has 106 valence electrons. The lowest BCUT2D eigenvalue weighted by Gasteiger charge is -2.37. The third-order valence-electron chi connectivity index (χ3n) is 3.05. The number of hydrogen-bond donors (Lipinski definition) is 0. The Balaban J connectivity index is 2.81. The molecular formula is C15H24N2O2. The van der Waals surface area contributed by atoms with Crippen molar-refractivity contribution in [2.24, 2.45) is 5.92 Å². The minimum atomic E-state index is -0.362. The van der Waals surface area contributed by atoms with Crippen LogP contribution in [0.25, 0.3) is 0 Å². The second-order valence-electron chi connectivity index (χ2n) is 6.37. The Morgan fingerprint density at radius 3 is 2.11 bits per heavy atom. The molecule has 0 fully saturated rings. The zero-order chi connectivity index (χ0) is 14.6. The molecule has 0 saturated heterocycles. The number of nitrogens with zero attached hydrogens (tertiary/aromatic N) is 2. The van der Waals surface area contributed by atoms with Gasteiger partial charge in [-0.15, -0.1) is 0 Å². The molecule has 0 amide bonds. The molecule has 1 aromatic rings. The lowest BCUT2D eigenvalue weighted by atomic mass is 10.0. The molecule has 0 spiro atoms. The topological polar surface area (TPSA) is 46.4 Å². The predicted octanol–water partition coefficient (Wildman–Crippen LogP) is 3.85. The summed E-state index contributed by atoms with van der Waals surface area (Å²) in [5.74, 6) is 0.595. The smallest absolute Gasteiger partial charge is 0.269 e. The highest BCUT2D eigenvalue weighted by Crippen LogP contribution is 2.20. The van der Waals surface area contributed by atoms with Crippen LogP contribution in [-0.4, -0.2) is 21.9 Å². The molecule has 0 saturated carbocycles. The number of hydrogen-bond acceptors (Lipinski definition) is 3. The lowest BCUT2D eigenvalue weighted by Crippen LogP contribution is -2.42. The maximum Gasteiger partial charge on any atom is 0.269 e. The fraction of sp³-hybridized carbons (Fsp3) is 0.600. The molecule has 0 radical (unpaired) electrons. The van der Waals surface area contributed by atoms with Crippen molar-refractivity contribution in [1.82, 2.24) is 4.90 Å². The summed E-state index contributed by atoms with van der Waals surface area (Å²) >= 11 is 0. The second kappa shape index (κ2) is 6.15. The van der Waals surface area contributed by atoms with E-state index in [-0.39, 0.29) is 16.1 Å². The molecule has 19 heavy (non-hydrogen) atoms. The molecule has 4 nitrogen and oxygen atoms in total. The molecule has 0 N–H and O–H groups in total. The van der Waals surface area contributed by atoms with Gasteiger partial charge in [0, 0.05) is 30.8 Å². The lowest BCUT2D eigenvalue weighted by molar-refractivity contribution is -0.384. The van der Waals surface area contributed by atoms with Gasteiger partial charge >= 0.3 is 0 Å². The highest BCUT2D eigenvalue weighted by atomic mass is 16.6. The summed E-state index contributed by atoms with van der Waals surface area (Å²) in [6.07, 6.45) is 0. The van der Waals surface area contributed by atoms with Crippen LogP contribution in [0.2, 0.25) is 0 Å². The quantitative estimate of drug-likeness (QED) is 0.599. The molecule has 4 heteroatoms. The molecule has 0 unspecified atom stereocenters. The van der Waals surface area contributed by atoms with E-state index in [0.717, 1.165) is 18.7 Å². The second-order valence-corrected chi connectivity index (χ2v) is 6.37. The van der Waals surface area contributed by atoms with Crippen molar-refractivity contribution in [3.8, 4) is 0 Å². The third-order valence-corrected chi connectivity index (χ3v) is 3.05. The highest BCUT2D eigenvalue weighted by Gasteiger charge is 2.22. The van der Waals surface area contributed by atoms with Crippen molar-refractivity contribution in [2.75, 3.05) is 6.54 Å². The summed E-state index contributed by atoms with van der Waals surface area (Å²) in [6, 6.07) is 6.84. The maximum absolute atomic E-state index is 10.6. The van der Waals surface area contributed by atoms with Crippen LogP contribution < -0.4 is 0 Å². The maximum atomic E-state index is 10.6. The molecule has 1 aromatic carbocycles. The van der Waals surface area contributed by atoms with Crippen LogP contribution >= 0.6 is 0 Å². The van der Waals surface area contributed by atoms with Crippen molar-refractivity contribution in [2.45, 2.75) is 46.7 Å². The van der Waals surface area contributed by atoms with E-state index in [1.165, 1.54) is 0 Å². The summed E-state index contributed by atoms with van der Waals surface area (Å²) in [6.45, 7) is 12.8. The van der Waals surface area contributed by atoms with Crippen molar-refractivity contribution in [3.63, 3.8) is 0 Å². The highest BCUT2D eigenvalue weighted by molar-refractivity contribution is 5.32. The molecular weight excluding hydrogens is 240 g/mol. The van der Waals surface area contributed by atoms with Gasteiger partial charge in [0.15, 0.2) is 0 Å². The van der Waals surface area contributed by atoms with Gasteiger partial charge < -0.3 is 0 Å². The number of benzene rings is 1. The zero-order valence-corrected chi connectivity index (χ0v) is 12.5. The van der Waals surface area contributed by atoms with E-state index in [2.05, 4.69) is 39.5 Å². The first kappa shape index (κ1) is 15.6. The molecule has 0 aliphatic rings. The monoisotopic (exact) mass is 264 g/mol. The van der Waals surface area contributed by atoms with Gasteiger partial charge in [0.25, 0.3) is 5.69 Å². The SMILES string of the molecule is CC(C)CN(Cc1ccc([N+](=O)[O-])cc1)C(C)(C)C. The summed E-state index contributed by atoms with van der Waals surface area (Å²) < 4.78 is 0. The summed E-state index contributed by atoms with van der Waals surface area (Å²) in [5, 5.41) is 10.6. The Labute approximate surface area is 115 Å². The van der Waals surface area contributed by atoms with Crippen LogP contribution in [0, 0.1) is 16.0 Å². The normalized spacial score (nSPS) is 12.2. The third kappa shape index (κ3) is 4.99. The van der Waals surface area contributed by atoms with Crippen LogP contribution in [0.1, 0.15) is 40.2 Å². The van der Waals surface area contributed by atoms with Crippen LogP contribution in [0.4, 0.5) is 5.69 Å². The van der Waals surface area contributed by atoms with Crippen LogP contribution in [0.5, 0.6) is 0 Å². The number of nitro groups is 1. The first-order chi connectivity index (χ1) is 8.70. The van der Waals surface area contributed by atoms with Gasteiger partial charge in [-0.1, -0.05) is 26.0 Å². The Hall–Kier alpha value is -1.42. The molecule has 0 aliphatic carbocycles. The number of nitro benzene ring substituents is 1. The molecule has 0 atom stereocenters. The fourth-order valence-corrected chi connectivity index (χ4v) is 1.96. The Kier molecular flexibility index (Phi) is 5.06. The molecule has 1 rings (SSSR count). The van der Waals surface area contributed by atoms with Crippen molar-refractivity contribution in [1.29, 1.82) is 0 Å². The Morgan fingerprint density at radius 1 is 1.21 bits per heavy atom. The molecule has 0 heterocycles. The summed E-state index contributed by atoms with van der Waals surface area (Å²) in [5.41, 5.74) is 1.35. The van der Waals surface area contributed by atoms with E-state index in [1.807, 2.05) is 12.1 Å². The van der Waals surface area contributed by atoms with Crippen molar-refractivity contribution in [3.05, 3.63) is 39.9 Å². The van der Waals surface area contributed by atoms with Gasteiger partial charge in [-0.3, -0.25) is 15.0 Å². The Morgan fingerprint density at radius 2 is 1.74 bits per heavy atom. The minimum Gasteiger partial charge on any atom is -0.294 e.